The largest absolute Gasteiger partial charge is 0.391 e. The highest BCUT2D eigenvalue weighted by Gasteiger charge is 2.10. The number of hydrogen-bond donors (Lipinski definition) is 2. The molecule has 0 aliphatic carbocycles. The van der Waals surface area contributed by atoms with E-state index in [0.717, 1.165) is 24.6 Å². The third-order valence-corrected chi connectivity index (χ3v) is 2.52. The summed E-state index contributed by atoms with van der Waals surface area (Å²) in [6, 6.07) is 2.99. The molecule has 1 amide bonds. The van der Waals surface area contributed by atoms with Crippen LogP contribution >= 0.6 is 0 Å². The number of hydrogen-bond acceptors (Lipinski definition) is 2. The van der Waals surface area contributed by atoms with Crippen LogP contribution in [0.5, 0.6) is 0 Å². The quantitative estimate of drug-likeness (QED) is 0.816. The first kappa shape index (κ1) is 14.6. The monoisotopic (exact) mass is 257 g/mol. The average molecular weight is 257 g/mol. The number of halogens is 2. The van der Waals surface area contributed by atoms with Crippen molar-refractivity contribution in [1.29, 1.82) is 0 Å². The van der Waals surface area contributed by atoms with Gasteiger partial charge in [-0.2, -0.15) is 0 Å². The van der Waals surface area contributed by atoms with Gasteiger partial charge in [0.05, 0.1) is 12.5 Å². The Kier molecular flexibility index (Phi) is 5.71. The molecule has 0 saturated carbocycles. The zero-order valence-electron chi connectivity index (χ0n) is 10.2. The second-order valence-corrected chi connectivity index (χ2v) is 4.16. The number of carbonyl (C=O) groups is 1. The Morgan fingerprint density at radius 2 is 2.17 bits per heavy atom. The minimum absolute atomic E-state index is 0.0116. The summed E-state index contributed by atoms with van der Waals surface area (Å²) in [4.78, 5) is 11.5. The lowest BCUT2D eigenvalue weighted by molar-refractivity contribution is -0.120. The van der Waals surface area contributed by atoms with Crippen LogP contribution in [0.25, 0.3) is 0 Å². The lowest BCUT2D eigenvalue weighted by Crippen LogP contribution is -2.33. The number of carbonyl (C=O) groups excluding carboxylic acids is 1. The molecule has 5 heteroatoms. The van der Waals surface area contributed by atoms with Crippen molar-refractivity contribution < 1.29 is 18.7 Å². The van der Waals surface area contributed by atoms with Crippen molar-refractivity contribution in [3.05, 3.63) is 35.4 Å². The standard InChI is InChI=1S/C13H17F2NO2/c1-2-3-11(17)8-16-13(18)7-9-6-10(14)4-5-12(9)15/h4-6,11,17H,2-3,7-8H2,1H3,(H,16,18). The van der Waals surface area contributed by atoms with Crippen LogP contribution in [0.2, 0.25) is 0 Å². The smallest absolute Gasteiger partial charge is 0.224 e. The van der Waals surface area contributed by atoms with Gasteiger partial charge >= 0.3 is 0 Å². The van der Waals surface area contributed by atoms with Gasteiger partial charge in [-0.3, -0.25) is 4.79 Å². The fourth-order valence-corrected chi connectivity index (χ4v) is 1.58. The fourth-order valence-electron chi connectivity index (χ4n) is 1.58. The van der Waals surface area contributed by atoms with Crippen LogP contribution < -0.4 is 5.32 Å². The van der Waals surface area contributed by atoms with E-state index in [2.05, 4.69) is 5.32 Å². The van der Waals surface area contributed by atoms with Gasteiger partial charge in [0, 0.05) is 12.1 Å². The molecule has 0 aliphatic rings. The summed E-state index contributed by atoms with van der Waals surface area (Å²) in [5.41, 5.74) is 0.0116. The molecule has 1 unspecified atom stereocenters. The van der Waals surface area contributed by atoms with E-state index in [1.165, 1.54) is 0 Å². The van der Waals surface area contributed by atoms with Crippen molar-refractivity contribution >= 4 is 5.91 Å². The molecule has 0 spiro atoms. The molecule has 2 N–H and O–H groups in total. The average Bonchev–Trinajstić information content (AvgIpc) is 2.32. The van der Waals surface area contributed by atoms with Crippen molar-refractivity contribution in [3.8, 4) is 0 Å². The summed E-state index contributed by atoms with van der Waals surface area (Å²) in [5, 5.41) is 11.9. The van der Waals surface area contributed by atoms with Crippen LogP contribution in [0.15, 0.2) is 18.2 Å². The predicted molar refractivity (Wildman–Crippen MR) is 64.0 cm³/mol. The van der Waals surface area contributed by atoms with E-state index in [0.29, 0.717) is 6.42 Å². The number of aliphatic hydroxyl groups is 1. The summed E-state index contributed by atoms with van der Waals surface area (Å²) < 4.78 is 26.1. The molecule has 1 aromatic rings. The van der Waals surface area contributed by atoms with E-state index in [4.69, 9.17) is 0 Å². The predicted octanol–water partition coefficient (Wildman–Crippen LogP) is 1.78. The van der Waals surface area contributed by atoms with Crippen molar-refractivity contribution in [2.24, 2.45) is 0 Å². The van der Waals surface area contributed by atoms with Gasteiger partial charge < -0.3 is 10.4 Å². The Morgan fingerprint density at radius 1 is 1.44 bits per heavy atom. The summed E-state index contributed by atoms with van der Waals surface area (Å²) in [5.74, 6) is -1.62. The summed E-state index contributed by atoms with van der Waals surface area (Å²) >= 11 is 0. The maximum Gasteiger partial charge on any atom is 0.224 e. The lowest BCUT2D eigenvalue weighted by atomic mass is 10.1. The van der Waals surface area contributed by atoms with Gasteiger partial charge in [-0.25, -0.2) is 8.78 Å². The highest BCUT2D eigenvalue weighted by molar-refractivity contribution is 5.78. The molecule has 3 nitrogen and oxygen atoms in total. The molecule has 0 aromatic heterocycles. The molecule has 0 radical (unpaired) electrons. The topological polar surface area (TPSA) is 49.3 Å². The van der Waals surface area contributed by atoms with Gasteiger partial charge in [-0.05, 0) is 24.6 Å². The summed E-state index contributed by atoms with van der Waals surface area (Å²) in [6.07, 6.45) is 0.573. The molecule has 0 fully saturated rings. The number of amides is 1. The summed E-state index contributed by atoms with van der Waals surface area (Å²) in [6.45, 7) is 2.05. The SMILES string of the molecule is CCCC(O)CNC(=O)Cc1cc(F)ccc1F. The number of nitrogens with one attached hydrogen (secondary N) is 1. The Balaban J connectivity index is 2.47. The van der Waals surface area contributed by atoms with Gasteiger partial charge in [0.1, 0.15) is 11.6 Å². The summed E-state index contributed by atoms with van der Waals surface area (Å²) in [7, 11) is 0. The first-order valence-electron chi connectivity index (χ1n) is 5.91. The van der Waals surface area contributed by atoms with E-state index >= 15 is 0 Å². The molecule has 100 valence electrons. The lowest BCUT2D eigenvalue weighted by Gasteiger charge is -2.11. The Bertz CT molecular complexity index is 410. The van der Waals surface area contributed by atoms with E-state index in [1.54, 1.807) is 0 Å². The van der Waals surface area contributed by atoms with Crippen LogP contribution in [-0.2, 0) is 11.2 Å². The third kappa shape index (κ3) is 4.79. The molecule has 1 aromatic carbocycles. The van der Waals surface area contributed by atoms with Crippen LogP contribution in [0.1, 0.15) is 25.3 Å². The molecule has 0 bridgehead atoms. The molecule has 1 atom stereocenters. The second-order valence-electron chi connectivity index (χ2n) is 4.16. The van der Waals surface area contributed by atoms with Crippen molar-refractivity contribution in [1.82, 2.24) is 5.32 Å². The van der Waals surface area contributed by atoms with Crippen molar-refractivity contribution in [2.75, 3.05) is 6.54 Å². The number of benzene rings is 1. The minimum Gasteiger partial charge on any atom is -0.391 e. The Labute approximate surface area is 105 Å². The van der Waals surface area contributed by atoms with Crippen molar-refractivity contribution in [2.45, 2.75) is 32.3 Å². The fraction of sp³-hybridized carbons (Fsp3) is 0.462. The molecule has 18 heavy (non-hydrogen) atoms. The Morgan fingerprint density at radius 3 is 2.83 bits per heavy atom. The number of aliphatic hydroxyl groups excluding tert-OH is 1. The van der Waals surface area contributed by atoms with E-state index in [9.17, 15) is 18.7 Å². The van der Waals surface area contributed by atoms with E-state index in [-0.39, 0.29) is 18.5 Å². The normalized spacial score (nSPS) is 12.2. The van der Waals surface area contributed by atoms with Crippen LogP contribution in [0.3, 0.4) is 0 Å². The van der Waals surface area contributed by atoms with Crippen LogP contribution in [0.4, 0.5) is 8.78 Å². The Hall–Kier alpha value is -1.49. The molecule has 0 aliphatic heterocycles. The molecular weight excluding hydrogens is 240 g/mol. The van der Waals surface area contributed by atoms with Crippen LogP contribution in [0, 0.1) is 11.6 Å². The van der Waals surface area contributed by atoms with Gasteiger partial charge in [-0.1, -0.05) is 13.3 Å². The van der Waals surface area contributed by atoms with Gasteiger partial charge in [0.25, 0.3) is 0 Å². The van der Waals surface area contributed by atoms with Crippen LogP contribution in [-0.4, -0.2) is 23.7 Å². The van der Waals surface area contributed by atoms with E-state index in [1.807, 2.05) is 6.92 Å². The molecular formula is C13H17F2NO2. The molecule has 0 saturated heterocycles. The van der Waals surface area contributed by atoms with Crippen molar-refractivity contribution in [3.63, 3.8) is 0 Å². The maximum absolute atomic E-state index is 13.3. The van der Waals surface area contributed by atoms with Gasteiger partial charge in [-0.15, -0.1) is 0 Å². The number of rotatable bonds is 6. The molecule has 1 rings (SSSR count). The maximum atomic E-state index is 13.3. The molecule has 0 heterocycles. The van der Waals surface area contributed by atoms with E-state index < -0.39 is 23.6 Å². The van der Waals surface area contributed by atoms with Gasteiger partial charge in [0.2, 0.25) is 5.91 Å². The van der Waals surface area contributed by atoms with Gasteiger partial charge in [0.15, 0.2) is 0 Å². The first-order valence-corrected chi connectivity index (χ1v) is 5.91. The highest BCUT2D eigenvalue weighted by Crippen LogP contribution is 2.10. The highest BCUT2D eigenvalue weighted by atomic mass is 19.1. The minimum atomic E-state index is -0.611. The zero-order chi connectivity index (χ0) is 13.5. The second kappa shape index (κ2) is 7.06. The first-order chi connectivity index (χ1) is 8.52. The zero-order valence-corrected chi connectivity index (χ0v) is 10.2. The third-order valence-electron chi connectivity index (χ3n) is 2.52.